The minimum Gasteiger partial charge on any atom is -0.494 e. The highest BCUT2D eigenvalue weighted by Gasteiger charge is 2.29. The van der Waals surface area contributed by atoms with Crippen molar-refractivity contribution in [2.45, 2.75) is 50.9 Å². The van der Waals surface area contributed by atoms with Crippen LogP contribution in [0.3, 0.4) is 0 Å². The maximum atomic E-state index is 13.7. The second-order valence-corrected chi connectivity index (χ2v) is 20.8. The maximum absolute atomic E-state index is 13.7. The molecule has 6 aromatic rings. The lowest BCUT2D eigenvalue weighted by molar-refractivity contribution is -0.159. The summed E-state index contributed by atoms with van der Waals surface area (Å²) in [4.78, 5) is 79.1. The summed E-state index contributed by atoms with van der Waals surface area (Å²) < 4.78 is 93.7. The van der Waals surface area contributed by atoms with Crippen LogP contribution < -0.4 is 28.1 Å². The number of ether oxygens (including phenoxy) is 2. The van der Waals surface area contributed by atoms with Crippen molar-refractivity contribution in [2.75, 3.05) is 54.5 Å². The highest BCUT2D eigenvalue weighted by Crippen LogP contribution is 2.27. The van der Waals surface area contributed by atoms with Crippen molar-refractivity contribution < 1.29 is 104 Å². The van der Waals surface area contributed by atoms with Crippen molar-refractivity contribution >= 4 is 56.5 Å². The molecule has 4 aromatic carbocycles. The summed E-state index contributed by atoms with van der Waals surface area (Å²) in [5, 5.41) is 39.3. The molecule has 0 bridgehead atoms. The molecule has 0 saturated carbocycles. The molecule has 0 atom stereocenters. The van der Waals surface area contributed by atoms with Crippen LogP contribution in [-0.2, 0) is 52.9 Å². The molecule has 86 heavy (non-hydrogen) atoms. The fourth-order valence-electron chi connectivity index (χ4n) is 8.51. The highest BCUT2D eigenvalue weighted by atomic mass is 32.2. The van der Waals surface area contributed by atoms with Gasteiger partial charge in [-0.3, -0.25) is 18.9 Å². The van der Waals surface area contributed by atoms with Gasteiger partial charge in [-0.05, 0) is 110 Å². The predicted octanol–water partition coefficient (Wildman–Crippen LogP) is 2.35. The number of hydrogen-bond acceptors (Lipinski definition) is 18. The molecule has 2 amide bonds. The van der Waals surface area contributed by atoms with Gasteiger partial charge in [-0.15, -0.1) is 0 Å². The molecule has 12 N–H and O–H groups in total. The number of likely N-dealkylation sites (tertiary alicyclic amines) is 2. The Morgan fingerprint density at radius 1 is 0.547 bits per heavy atom. The van der Waals surface area contributed by atoms with Crippen molar-refractivity contribution in [1.82, 2.24) is 38.7 Å². The fraction of sp³-hybridized carbons (Fsp3) is 0.308. The van der Waals surface area contributed by atoms with E-state index in [4.69, 9.17) is 59.4 Å². The molecule has 2 aliphatic rings. The Labute approximate surface area is 491 Å². The second kappa shape index (κ2) is 32.2. The average Bonchev–Trinajstić information content (AvgIpc) is 2.71. The van der Waals surface area contributed by atoms with E-state index < -0.39 is 44.5 Å². The lowest BCUT2D eigenvalue weighted by Gasteiger charge is -2.36. The van der Waals surface area contributed by atoms with Gasteiger partial charge in [0.2, 0.25) is 0 Å². The number of hydrogen-bond donors (Lipinski definition) is 6. The van der Waals surface area contributed by atoms with Crippen LogP contribution in [0.4, 0.5) is 18.4 Å². The van der Waals surface area contributed by atoms with Crippen LogP contribution in [0.2, 0.25) is 0 Å². The minimum atomic E-state index is -4.10. The number of aromatic nitrogens is 4. The number of carboxylic acid groups (broad SMARTS) is 4. The van der Waals surface area contributed by atoms with E-state index in [0.717, 1.165) is 63.0 Å². The van der Waals surface area contributed by atoms with Gasteiger partial charge in [0.25, 0.3) is 0 Å². The molecule has 2 aliphatic heterocycles. The number of benzene rings is 4. The van der Waals surface area contributed by atoms with Crippen molar-refractivity contribution in [1.29, 1.82) is 0 Å². The first kappa shape index (κ1) is 71.1. The van der Waals surface area contributed by atoms with Crippen molar-refractivity contribution in [3.05, 3.63) is 133 Å². The molecule has 0 aliphatic carbocycles. The van der Waals surface area contributed by atoms with E-state index in [1.54, 1.807) is 84.8 Å². The van der Waals surface area contributed by atoms with Crippen LogP contribution >= 0.6 is 0 Å². The summed E-state index contributed by atoms with van der Waals surface area (Å²) >= 11 is 0. The number of halogens is 2. The number of carbonyl (C=O) groups excluding carboxylic acids is 2. The third kappa shape index (κ3) is 21.8. The first-order valence-corrected chi connectivity index (χ1v) is 27.8. The number of methoxy groups -OCH3 is 2. The summed E-state index contributed by atoms with van der Waals surface area (Å²) in [6.07, 6.45) is 9.43. The van der Waals surface area contributed by atoms with Gasteiger partial charge in [-0.2, -0.15) is 27.1 Å². The van der Waals surface area contributed by atoms with Crippen LogP contribution in [0.15, 0.2) is 110 Å². The molecule has 0 spiro atoms. The molecule has 468 valence electrons. The maximum Gasteiger partial charge on any atom is 0.414 e. The molecule has 4 heterocycles. The van der Waals surface area contributed by atoms with E-state index in [1.807, 2.05) is 0 Å². The van der Waals surface area contributed by atoms with E-state index in [2.05, 4.69) is 28.1 Å². The van der Waals surface area contributed by atoms with E-state index in [1.165, 1.54) is 72.4 Å². The summed E-state index contributed by atoms with van der Waals surface area (Å²) in [7, 11) is -1.73. The summed E-state index contributed by atoms with van der Waals surface area (Å²) in [6.45, 7) is 4.61. The van der Waals surface area contributed by atoms with Gasteiger partial charge in [-0.1, -0.05) is 12.1 Å². The van der Waals surface area contributed by atoms with Crippen LogP contribution in [0.25, 0.3) is 22.5 Å². The van der Waals surface area contributed by atoms with Crippen LogP contribution in [0, 0.1) is 11.6 Å². The Hall–Kier alpha value is -9.16. The predicted molar refractivity (Wildman–Crippen MR) is 300 cm³/mol. The monoisotopic (exact) mass is 1250 g/mol. The number of nitrogens with two attached hydrogens (primary N) is 2. The summed E-state index contributed by atoms with van der Waals surface area (Å²) in [5.41, 5.74) is 4.46. The first-order chi connectivity index (χ1) is 39.5. The van der Waals surface area contributed by atoms with E-state index in [-0.39, 0.29) is 69.7 Å². The molecule has 30 nitrogen and oxygen atoms in total. The molecular formula is C52H64F2N10O20S2. The second-order valence-electron chi connectivity index (χ2n) is 18.5. The lowest BCUT2D eigenvalue weighted by atomic mass is 10.0. The quantitative estimate of drug-likeness (QED) is 0.0852. The zero-order valence-electron chi connectivity index (χ0n) is 46.4. The molecule has 2 aromatic heterocycles. The van der Waals surface area contributed by atoms with Gasteiger partial charge >= 0.3 is 56.5 Å². The first-order valence-electron chi connectivity index (χ1n) is 24.8. The van der Waals surface area contributed by atoms with Crippen LogP contribution in [0.5, 0.6) is 23.0 Å². The molecule has 2 fully saturated rings. The van der Waals surface area contributed by atoms with Crippen LogP contribution in [-0.4, -0.2) is 189 Å². The van der Waals surface area contributed by atoms with Gasteiger partial charge in [0.15, 0.2) is 23.1 Å². The number of carbonyl (C=O) groups is 6. The highest BCUT2D eigenvalue weighted by molar-refractivity contribution is 7.85. The zero-order valence-corrected chi connectivity index (χ0v) is 48.1. The Bertz CT molecular complexity index is 3250. The van der Waals surface area contributed by atoms with Gasteiger partial charge in [0, 0.05) is 89.0 Å². The average molecular weight is 1250 g/mol. The molecule has 0 radical (unpaired) electrons. The number of nitrogens with zero attached hydrogens (tertiary/aromatic N) is 8. The number of rotatable bonds is 14. The number of amides is 2. The Balaban J connectivity index is 0.000000371. The van der Waals surface area contributed by atoms with E-state index in [9.17, 15) is 35.2 Å². The Morgan fingerprint density at radius 3 is 1.12 bits per heavy atom. The largest absolute Gasteiger partial charge is 0.494 e. The number of piperidine rings is 2. The van der Waals surface area contributed by atoms with E-state index >= 15 is 0 Å². The van der Waals surface area contributed by atoms with Gasteiger partial charge < -0.3 is 59.0 Å². The third-order valence-electron chi connectivity index (χ3n) is 12.8. The van der Waals surface area contributed by atoms with Crippen molar-refractivity contribution in [3.8, 4) is 45.5 Å². The Morgan fingerprint density at radius 2 is 0.849 bits per heavy atom. The lowest BCUT2D eigenvalue weighted by Crippen LogP contribution is -2.46. The standard InChI is InChI=1S/2C24H28FN5O5S.2C2H2O4.2H2O/c2*1-28(19-9-11-29(12-10-19)14-17-3-8-21(25)23(13-17)34-2)24(31)30-15-22(27-16-30)18-4-6-20(7-5-18)35-36(26,32)33;2*3-1(4)2(5)6;;/h2*3-8,13,15-16,19H,9-12,14H2,1-2H3,(H2,26,32,33);2*(H,3,4)(H,5,6);2*1H2. The zero-order chi connectivity index (χ0) is 62.1. The van der Waals surface area contributed by atoms with E-state index in [0.29, 0.717) is 35.6 Å². The normalized spacial score (nSPS) is 13.6. The SMILES string of the molecule is COc1cc(CN2CCC(N(C)C(=O)n3cnc(-c4ccc(OS(N)(=O)=O)cc4)c3)CC2)ccc1F.COc1cc(CN2CCC(N(C)C(=O)n3cnc(-c4ccc(OS(N)(=O)=O)cc4)c3)CC2)ccc1F.O.O.O=C(O)C(=O)O.O=C(O)C(=O)O. The van der Waals surface area contributed by atoms with Crippen LogP contribution in [0.1, 0.15) is 36.8 Å². The molecule has 0 unspecified atom stereocenters. The molecular weight excluding hydrogens is 1190 g/mol. The summed E-state index contributed by atoms with van der Waals surface area (Å²) in [6, 6.07) is 21.9. The van der Waals surface area contributed by atoms with Gasteiger partial charge in [0.1, 0.15) is 24.2 Å². The third-order valence-corrected chi connectivity index (χ3v) is 13.6. The molecule has 8 rings (SSSR count). The summed E-state index contributed by atoms with van der Waals surface area (Å²) in [5.74, 6) is -7.41. The Kier molecular flexibility index (Phi) is 26.6. The van der Waals surface area contributed by atoms with Gasteiger partial charge in [0.05, 0.1) is 25.6 Å². The number of aliphatic carboxylic acids is 4. The smallest absolute Gasteiger partial charge is 0.414 e. The minimum absolute atomic E-state index is 0. The number of imidazole rings is 2. The molecule has 2 saturated heterocycles. The number of carboxylic acids is 4. The van der Waals surface area contributed by atoms with Crippen molar-refractivity contribution in [2.24, 2.45) is 10.3 Å². The fourth-order valence-corrected chi connectivity index (χ4v) is 9.27. The molecule has 34 heteroatoms. The topological polar surface area (TPSA) is 452 Å². The van der Waals surface area contributed by atoms with Gasteiger partial charge in [-0.25, -0.2) is 47.5 Å². The van der Waals surface area contributed by atoms with Crippen molar-refractivity contribution in [3.63, 3.8) is 0 Å².